The maximum atomic E-state index is 13.4. The van der Waals surface area contributed by atoms with Crippen LogP contribution in [0, 0.1) is 24.1 Å². The van der Waals surface area contributed by atoms with E-state index in [-0.39, 0.29) is 31.0 Å². The molecule has 7 nitrogen and oxygen atoms in total. The number of aliphatic carboxylic acids is 1. The number of rotatable bonds is 9. The largest absolute Gasteiger partial charge is 0.480 e. The molecule has 2 amide bonds. The number of terminal acetylenes is 1. The number of carboxylic acids is 1. The highest BCUT2D eigenvalue weighted by Gasteiger charge is 2.37. The van der Waals surface area contributed by atoms with E-state index in [2.05, 4.69) is 16.6 Å². The second-order valence-corrected chi connectivity index (χ2v) is 7.32. The lowest BCUT2D eigenvalue weighted by molar-refractivity contribution is -0.139. The summed E-state index contributed by atoms with van der Waals surface area (Å²) in [5.74, 6) is 1.74. The lowest BCUT2D eigenvalue weighted by Gasteiger charge is -2.42. The minimum atomic E-state index is -0.828. The Hall–Kier alpha value is -2.79. The molecule has 2 fully saturated rings. The van der Waals surface area contributed by atoms with Gasteiger partial charge < -0.3 is 20.5 Å². The molecule has 0 spiro atoms. The molecule has 3 rings (SSSR count). The second kappa shape index (κ2) is 8.93. The molecule has 2 aliphatic rings. The standard InChI is InChI=1S/C20H24FN3O4/c1-2-7-28-18-8-14(21)5-6-17(18)23-20(27)22-15-9-16(10-15)24(12-19(25)26)11-13-3-4-13/h1,5-6,8,13,15-16H,3-4,7,9-12H2,(H,25,26)(H2,22,23,27). The van der Waals surface area contributed by atoms with E-state index in [9.17, 15) is 14.0 Å². The molecule has 0 aliphatic heterocycles. The Labute approximate surface area is 163 Å². The van der Waals surface area contributed by atoms with Crippen LogP contribution in [0.5, 0.6) is 5.75 Å². The molecule has 2 saturated carbocycles. The van der Waals surface area contributed by atoms with Crippen LogP contribution in [-0.4, -0.2) is 53.8 Å². The Bertz CT molecular complexity index is 769. The van der Waals surface area contributed by atoms with Gasteiger partial charge in [-0.05, 0) is 43.7 Å². The highest BCUT2D eigenvalue weighted by Crippen LogP contribution is 2.34. The molecule has 0 saturated heterocycles. The number of ether oxygens (including phenoxy) is 1. The molecule has 150 valence electrons. The van der Waals surface area contributed by atoms with Crippen molar-refractivity contribution in [3.05, 3.63) is 24.0 Å². The normalized spacial score (nSPS) is 20.8. The van der Waals surface area contributed by atoms with Crippen LogP contribution >= 0.6 is 0 Å². The second-order valence-electron chi connectivity index (χ2n) is 7.32. The fourth-order valence-corrected chi connectivity index (χ4v) is 3.33. The maximum absolute atomic E-state index is 13.4. The molecule has 1 aromatic carbocycles. The first-order valence-electron chi connectivity index (χ1n) is 9.33. The zero-order valence-corrected chi connectivity index (χ0v) is 15.5. The van der Waals surface area contributed by atoms with Crippen molar-refractivity contribution >= 4 is 17.7 Å². The van der Waals surface area contributed by atoms with Crippen LogP contribution < -0.4 is 15.4 Å². The minimum absolute atomic E-state index is 0.0315. The average Bonchev–Trinajstić information content (AvgIpc) is 3.41. The van der Waals surface area contributed by atoms with Crippen molar-refractivity contribution in [3.8, 4) is 18.1 Å². The Balaban J connectivity index is 1.48. The number of benzene rings is 1. The first-order chi connectivity index (χ1) is 13.4. The SMILES string of the molecule is C#CCOc1cc(F)ccc1NC(=O)NC1CC(N(CC(=O)O)CC2CC2)C1. The van der Waals surface area contributed by atoms with Crippen molar-refractivity contribution < 1.29 is 23.8 Å². The Morgan fingerprint density at radius 3 is 2.75 bits per heavy atom. The van der Waals surface area contributed by atoms with E-state index in [1.807, 2.05) is 4.90 Å². The number of nitrogens with zero attached hydrogens (tertiary/aromatic N) is 1. The number of hydrogen-bond donors (Lipinski definition) is 3. The molecule has 0 radical (unpaired) electrons. The Kier molecular flexibility index (Phi) is 6.37. The predicted octanol–water partition coefficient (Wildman–Crippen LogP) is 2.29. The third-order valence-corrected chi connectivity index (χ3v) is 5.00. The van der Waals surface area contributed by atoms with E-state index >= 15 is 0 Å². The van der Waals surface area contributed by atoms with E-state index < -0.39 is 17.8 Å². The Morgan fingerprint density at radius 1 is 1.36 bits per heavy atom. The van der Waals surface area contributed by atoms with Gasteiger partial charge in [0.2, 0.25) is 0 Å². The summed E-state index contributed by atoms with van der Waals surface area (Å²) in [6.07, 6.45) is 8.88. The molecular weight excluding hydrogens is 365 g/mol. The fraction of sp³-hybridized carbons (Fsp3) is 0.500. The molecule has 0 heterocycles. The van der Waals surface area contributed by atoms with Gasteiger partial charge >= 0.3 is 12.0 Å². The third kappa shape index (κ3) is 5.60. The fourth-order valence-electron chi connectivity index (χ4n) is 3.33. The number of carbonyl (C=O) groups excluding carboxylic acids is 1. The summed E-state index contributed by atoms with van der Waals surface area (Å²) in [7, 11) is 0. The van der Waals surface area contributed by atoms with Gasteiger partial charge in [0.1, 0.15) is 18.2 Å². The van der Waals surface area contributed by atoms with Gasteiger partial charge in [-0.3, -0.25) is 9.69 Å². The summed E-state index contributed by atoms with van der Waals surface area (Å²) < 4.78 is 18.6. The molecule has 2 aliphatic carbocycles. The van der Waals surface area contributed by atoms with Gasteiger partial charge in [-0.2, -0.15) is 0 Å². The molecule has 8 heteroatoms. The van der Waals surface area contributed by atoms with Crippen LogP contribution in [0.2, 0.25) is 0 Å². The summed E-state index contributed by atoms with van der Waals surface area (Å²) in [5.41, 5.74) is 0.325. The highest BCUT2D eigenvalue weighted by molar-refractivity contribution is 5.91. The maximum Gasteiger partial charge on any atom is 0.319 e. The molecule has 0 atom stereocenters. The van der Waals surface area contributed by atoms with Crippen molar-refractivity contribution in [2.45, 2.75) is 37.8 Å². The van der Waals surface area contributed by atoms with Crippen LogP contribution in [0.3, 0.4) is 0 Å². The van der Waals surface area contributed by atoms with Crippen molar-refractivity contribution in [1.29, 1.82) is 0 Å². The summed E-state index contributed by atoms with van der Waals surface area (Å²) in [5, 5.41) is 14.6. The smallest absolute Gasteiger partial charge is 0.319 e. The molecule has 0 aromatic heterocycles. The van der Waals surface area contributed by atoms with Crippen LogP contribution in [0.4, 0.5) is 14.9 Å². The first kappa shape index (κ1) is 20.0. The molecule has 0 unspecified atom stereocenters. The number of nitrogens with one attached hydrogen (secondary N) is 2. The number of halogens is 1. The van der Waals surface area contributed by atoms with Crippen molar-refractivity contribution in [2.75, 3.05) is 25.0 Å². The summed E-state index contributed by atoms with van der Waals surface area (Å²) in [6, 6.07) is 3.51. The zero-order chi connectivity index (χ0) is 20.1. The van der Waals surface area contributed by atoms with Gasteiger partial charge in [0.25, 0.3) is 0 Å². The van der Waals surface area contributed by atoms with Crippen molar-refractivity contribution in [2.24, 2.45) is 5.92 Å². The van der Waals surface area contributed by atoms with E-state index in [1.54, 1.807) is 0 Å². The van der Waals surface area contributed by atoms with E-state index in [0.29, 0.717) is 24.4 Å². The summed E-state index contributed by atoms with van der Waals surface area (Å²) >= 11 is 0. The number of amides is 2. The molecule has 28 heavy (non-hydrogen) atoms. The van der Waals surface area contributed by atoms with Crippen LogP contribution in [0.1, 0.15) is 25.7 Å². The van der Waals surface area contributed by atoms with Gasteiger partial charge in [-0.1, -0.05) is 5.92 Å². The molecule has 1 aromatic rings. The van der Waals surface area contributed by atoms with Gasteiger partial charge in [0, 0.05) is 24.7 Å². The lowest BCUT2D eigenvalue weighted by Crippen LogP contribution is -2.55. The first-order valence-corrected chi connectivity index (χ1v) is 9.33. The van der Waals surface area contributed by atoms with Crippen molar-refractivity contribution in [3.63, 3.8) is 0 Å². The van der Waals surface area contributed by atoms with Crippen LogP contribution in [-0.2, 0) is 4.79 Å². The zero-order valence-electron chi connectivity index (χ0n) is 15.5. The summed E-state index contributed by atoms with van der Waals surface area (Å²) in [6.45, 7) is 0.803. The topological polar surface area (TPSA) is 90.9 Å². The molecule has 0 bridgehead atoms. The number of carbonyl (C=O) groups is 2. The van der Waals surface area contributed by atoms with Gasteiger partial charge in [0.05, 0.1) is 12.2 Å². The van der Waals surface area contributed by atoms with Crippen molar-refractivity contribution in [1.82, 2.24) is 10.2 Å². The quantitative estimate of drug-likeness (QED) is 0.564. The lowest BCUT2D eigenvalue weighted by atomic mass is 9.85. The Morgan fingerprint density at radius 2 is 2.11 bits per heavy atom. The van der Waals surface area contributed by atoms with Gasteiger partial charge in [-0.15, -0.1) is 6.42 Å². The number of urea groups is 1. The minimum Gasteiger partial charge on any atom is -0.480 e. The third-order valence-electron chi connectivity index (χ3n) is 5.00. The monoisotopic (exact) mass is 389 g/mol. The van der Waals surface area contributed by atoms with Gasteiger partial charge in [0.15, 0.2) is 0 Å². The number of hydrogen-bond acceptors (Lipinski definition) is 4. The predicted molar refractivity (Wildman–Crippen MR) is 102 cm³/mol. The highest BCUT2D eigenvalue weighted by atomic mass is 19.1. The van der Waals surface area contributed by atoms with E-state index in [4.69, 9.17) is 16.3 Å². The average molecular weight is 389 g/mol. The van der Waals surface area contributed by atoms with E-state index in [0.717, 1.165) is 25.5 Å². The number of anilines is 1. The van der Waals surface area contributed by atoms with Crippen LogP contribution in [0.15, 0.2) is 18.2 Å². The number of carboxylic acid groups (broad SMARTS) is 1. The van der Waals surface area contributed by atoms with Gasteiger partial charge in [-0.25, -0.2) is 9.18 Å². The molecular formula is C20H24FN3O4. The van der Waals surface area contributed by atoms with E-state index in [1.165, 1.54) is 12.1 Å². The van der Waals surface area contributed by atoms with Crippen LogP contribution in [0.25, 0.3) is 0 Å². The summed E-state index contributed by atoms with van der Waals surface area (Å²) in [4.78, 5) is 25.3. The molecule has 3 N–H and O–H groups in total.